The molecule has 0 atom stereocenters. The van der Waals surface area contributed by atoms with Crippen molar-refractivity contribution in [2.75, 3.05) is 0 Å². The lowest BCUT2D eigenvalue weighted by Crippen LogP contribution is -1.91. The van der Waals surface area contributed by atoms with Gasteiger partial charge in [0.05, 0.1) is 11.2 Å². The summed E-state index contributed by atoms with van der Waals surface area (Å²) in [5.41, 5.74) is 3.20. The van der Waals surface area contributed by atoms with E-state index in [1.807, 2.05) is 47.2 Å². The highest BCUT2D eigenvalue weighted by Gasteiger charge is 2.09. The second-order valence-electron chi connectivity index (χ2n) is 6.05. The zero-order valence-corrected chi connectivity index (χ0v) is 16.1. The zero-order chi connectivity index (χ0) is 19.6. The quantitative estimate of drug-likeness (QED) is 0.421. The van der Waals surface area contributed by atoms with Crippen LogP contribution in [0.5, 0.6) is 11.5 Å². The Bertz CT molecular complexity index is 1170. The number of aromatic nitrogens is 2. The predicted octanol–water partition coefficient (Wildman–Crippen LogP) is 5.26. The molecule has 0 bridgehead atoms. The number of rotatable bonds is 5. The summed E-state index contributed by atoms with van der Waals surface area (Å²) in [6.07, 6.45) is 5.40. The number of hydrogen-bond acceptors (Lipinski definition) is 4. The summed E-state index contributed by atoms with van der Waals surface area (Å²) in [5, 5.41) is 0. The fourth-order valence-corrected chi connectivity index (χ4v) is 3.53. The van der Waals surface area contributed by atoms with Crippen LogP contribution in [-0.2, 0) is 9.05 Å². The van der Waals surface area contributed by atoms with Gasteiger partial charge < -0.3 is 9.30 Å². The molecule has 0 aliphatic heterocycles. The maximum atomic E-state index is 11.3. The van der Waals surface area contributed by atoms with Crippen molar-refractivity contribution in [1.29, 1.82) is 0 Å². The largest absolute Gasteiger partial charge is 0.457 e. The molecule has 1 aromatic heterocycles. The molecule has 0 fully saturated rings. The van der Waals surface area contributed by atoms with Crippen LogP contribution in [0, 0.1) is 0 Å². The first-order valence-electron chi connectivity index (χ1n) is 8.40. The molecule has 0 saturated carbocycles. The third-order valence-electron chi connectivity index (χ3n) is 4.20. The van der Waals surface area contributed by atoms with Crippen molar-refractivity contribution in [3.63, 3.8) is 0 Å². The Labute approximate surface area is 167 Å². The number of nitrogens with zero attached hydrogens (tertiary/aromatic N) is 2. The van der Waals surface area contributed by atoms with E-state index < -0.39 is 9.05 Å². The van der Waals surface area contributed by atoms with E-state index in [1.165, 1.54) is 12.1 Å². The molecule has 1 heterocycles. The van der Waals surface area contributed by atoms with Crippen molar-refractivity contribution in [2.45, 2.75) is 4.90 Å². The summed E-state index contributed by atoms with van der Waals surface area (Å²) < 4.78 is 30.3. The molecule has 0 spiro atoms. The van der Waals surface area contributed by atoms with E-state index in [4.69, 9.17) is 15.4 Å². The molecular weight excluding hydrogens is 396 g/mol. The van der Waals surface area contributed by atoms with Gasteiger partial charge in [0.2, 0.25) is 0 Å². The molecule has 4 aromatic rings. The molecule has 4 rings (SSSR count). The predicted molar refractivity (Wildman–Crippen MR) is 109 cm³/mol. The molecule has 7 heteroatoms. The van der Waals surface area contributed by atoms with E-state index in [-0.39, 0.29) is 4.90 Å². The average Bonchev–Trinajstić information content (AvgIpc) is 3.23. The van der Waals surface area contributed by atoms with Gasteiger partial charge in [-0.15, -0.1) is 0 Å². The first kappa shape index (κ1) is 18.3. The molecular formula is C21H15ClN2O3S. The number of hydrogen-bond donors (Lipinski definition) is 0. The fraction of sp³-hybridized carbons (Fsp3) is 0. The Hall–Kier alpha value is -3.09. The molecule has 0 amide bonds. The second kappa shape index (κ2) is 7.50. The zero-order valence-electron chi connectivity index (χ0n) is 14.6. The van der Waals surface area contributed by atoms with Gasteiger partial charge in [-0.1, -0.05) is 24.3 Å². The van der Waals surface area contributed by atoms with Crippen molar-refractivity contribution in [2.24, 2.45) is 0 Å². The molecule has 140 valence electrons. The third-order valence-corrected chi connectivity index (χ3v) is 5.57. The highest BCUT2D eigenvalue weighted by molar-refractivity contribution is 8.13. The lowest BCUT2D eigenvalue weighted by molar-refractivity contribution is 0.482. The van der Waals surface area contributed by atoms with Gasteiger partial charge in [-0.2, -0.15) is 0 Å². The fourth-order valence-electron chi connectivity index (χ4n) is 2.76. The van der Waals surface area contributed by atoms with Gasteiger partial charge in [0.25, 0.3) is 9.05 Å². The molecule has 0 radical (unpaired) electrons. The molecule has 5 nitrogen and oxygen atoms in total. The van der Waals surface area contributed by atoms with Gasteiger partial charge in [-0.05, 0) is 59.7 Å². The van der Waals surface area contributed by atoms with E-state index in [0.717, 1.165) is 16.8 Å². The molecule has 0 aliphatic rings. The first-order chi connectivity index (χ1) is 13.5. The van der Waals surface area contributed by atoms with E-state index in [9.17, 15) is 8.42 Å². The third kappa shape index (κ3) is 4.08. The van der Waals surface area contributed by atoms with Crippen molar-refractivity contribution < 1.29 is 13.2 Å². The standard InChI is InChI=1S/C21H15ClN2O3S/c22-28(25,26)21-11-9-20(10-12-21)27-19-7-3-17(4-8-19)16-1-5-18(6-2-16)24-14-13-23-15-24/h1-15H. The second-order valence-corrected chi connectivity index (χ2v) is 8.62. The van der Waals surface area contributed by atoms with Crippen LogP contribution in [0.3, 0.4) is 0 Å². The van der Waals surface area contributed by atoms with Crippen molar-refractivity contribution in [1.82, 2.24) is 9.55 Å². The minimum absolute atomic E-state index is 0.0380. The molecule has 0 N–H and O–H groups in total. The van der Waals surface area contributed by atoms with Gasteiger partial charge in [-0.3, -0.25) is 0 Å². The van der Waals surface area contributed by atoms with Crippen LogP contribution in [-0.4, -0.2) is 18.0 Å². The van der Waals surface area contributed by atoms with Crippen LogP contribution in [0.4, 0.5) is 0 Å². The number of halogens is 1. The lowest BCUT2D eigenvalue weighted by Gasteiger charge is -2.08. The van der Waals surface area contributed by atoms with Gasteiger partial charge in [0.1, 0.15) is 11.5 Å². The molecule has 0 unspecified atom stereocenters. The van der Waals surface area contributed by atoms with Gasteiger partial charge in [0.15, 0.2) is 0 Å². The summed E-state index contributed by atoms with van der Waals surface area (Å²) in [4.78, 5) is 4.09. The summed E-state index contributed by atoms with van der Waals surface area (Å²) in [6, 6.07) is 21.8. The Morgan fingerprint density at radius 1 is 0.786 bits per heavy atom. The van der Waals surface area contributed by atoms with E-state index in [1.54, 1.807) is 24.7 Å². The highest BCUT2D eigenvalue weighted by atomic mass is 35.7. The van der Waals surface area contributed by atoms with Crippen LogP contribution in [0.1, 0.15) is 0 Å². The SMILES string of the molecule is O=S(=O)(Cl)c1ccc(Oc2ccc(-c3ccc(-n4ccnc4)cc3)cc2)cc1. The van der Waals surface area contributed by atoms with Crippen molar-refractivity contribution >= 4 is 19.7 Å². The summed E-state index contributed by atoms with van der Waals surface area (Å²) in [7, 11) is 1.58. The van der Waals surface area contributed by atoms with Crippen molar-refractivity contribution in [3.8, 4) is 28.3 Å². The van der Waals surface area contributed by atoms with E-state index in [2.05, 4.69) is 17.1 Å². The topological polar surface area (TPSA) is 61.2 Å². The Morgan fingerprint density at radius 3 is 1.82 bits per heavy atom. The highest BCUT2D eigenvalue weighted by Crippen LogP contribution is 2.27. The summed E-state index contributed by atoms with van der Waals surface area (Å²) in [6.45, 7) is 0. The van der Waals surface area contributed by atoms with E-state index >= 15 is 0 Å². The average molecular weight is 411 g/mol. The van der Waals surface area contributed by atoms with Crippen LogP contribution in [0.25, 0.3) is 16.8 Å². The lowest BCUT2D eigenvalue weighted by atomic mass is 10.1. The minimum Gasteiger partial charge on any atom is -0.457 e. The van der Waals surface area contributed by atoms with Crippen LogP contribution in [0.2, 0.25) is 0 Å². The molecule has 0 saturated heterocycles. The van der Waals surface area contributed by atoms with Crippen molar-refractivity contribution in [3.05, 3.63) is 91.5 Å². The van der Waals surface area contributed by atoms with Crippen LogP contribution < -0.4 is 4.74 Å². The first-order valence-corrected chi connectivity index (χ1v) is 10.7. The van der Waals surface area contributed by atoms with Gasteiger partial charge in [-0.25, -0.2) is 13.4 Å². The Kier molecular flexibility index (Phi) is 4.90. The normalized spacial score (nSPS) is 11.3. The number of ether oxygens (including phenoxy) is 1. The van der Waals surface area contributed by atoms with Crippen LogP contribution >= 0.6 is 10.7 Å². The maximum absolute atomic E-state index is 11.3. The van der Waals surface area contributed by atoms with Gasteiger partial charge >= 0.3 is 0 Å². The smallest absolute Gasteiger partial charge is 0.261 e. The maximum Gasteiger partial charge on any atom is 0.261 e. The summed E-state index contributed by atoms with van der Waals surface area (Å²) in [5.74, 6) is 1.18. The minimum atomic E-state index is -3.73. The van der Waals surface area contributed by atoms with E-state index in [0.29, 0.717) is 11.5 Å². The number of benzene rings is 3. The van der Waals surface area contributed by atoms with Gasteiger partial charge in [0, 0.05) is 28.8 Å². The Balaban J connectivity index is 1.48. The molecule has 3 aromatic carbocycles. The Morgan fingerprint density at radius 2 is 1.32 bits per heavy atom. The molecule has 28 heavy (non-hydrogen) atoms. The van der Waals surface area contributed by atoms with Crippen LogP contribution in [0.15, 0.2) is 96.4 Å². The number of imidazole rings is 1. The monoisotopic (exact) mass is 410 g/mol. The summed E-state index contributed by atoms with van der Waals surface area (Å²) >= 11 is 0. The molecule has 0 aliphatic carbocycles.